The number of aryl methyl sites for hydroxylation is 1. The molecule has 2 rings (SSSR count). The van der Waals surface area contributed by atoms with Crippen molar-refractivity contribution in [3.05, 3.63) is 16.6 Å². The summed E-state index contributed by atoms with van der Waals surface area (Å²) in [5.74, 6) is -1.49. The van der Waals surface area contributed by atoms with Gasteiger partial charge in [0.1, 0.15) is 0 Å². The normalized spacial score (nSPS) is 23.6. The Bertz CT molecular complexity index is 487. The number of amides is 1. The van der Waals surface area contributed by atoms with Crippen molar-refractivity contribution in [2.75, 3.05) is 0 Å². The molecular formula is C14H20N2O3S. The van der Waals surface area contributed by atoms with E-state index in [2.05, 4.69) is 9.69 Å². The molecule has 2 N–H and O–H groups in total. The quantitative estimate of drug-likeness (QED) is 0.898. The largest absolute Gasteiger partial charge is 0.481 e. The van der Waals surface area contributed by atoms with Gasteiger partial charge < -0.3 is 10.4 Å². The number of nitrogens with zero attached hydrogens (tertiary/aromatic N) is 1. The van der Waals surface area contributed by atoms with E-state index >= 15 is 0 Å². The second kappa shape index (κ2) is 6.83. The minimum absolute atomic E-state index is 0.201. The molecule has 0 radical (unpaired) electrons. The lowest BCUT2D eigenvalue weighted by Gasteiger charge is -2.27. The molecule has 1 aliphatic rings. The molecule has 2 atom stereocenters. The molecule has 1 saturated carbocycles. The van der Waals surface area contributed by atoms with Crippen molar-refractivity contribution < 1.29 is 14.7 Å². The average molecular weight is 296 g/mol. The Hall–Kier alpha value is -1.43. The molecule has 0 saturated heterocycles. The van der Waals surface area contributed by atoms with Gasteiger partial charge in [-0.3, -0.25) is 9.59 Å². The highest BCUT2D eigenvalue weighted by Crippen LogP contribution is 2.24. The van der Waals surface area contributed by atoms with Crippen molar-refractivity contribution in [2.45, 2.75) is 51.5 Å². The highest BCUT2D eigenvalue weighted by molar-refractivity contribution is 7.03. The minimum Gasteiger partial charge on any atom is -0.481 e. The zero-order chi connectivity index (χ0) is 14.5. The SMILES string of the molecule is Cc1nscc1C(=O)NC1CCCCCCC1C(=O)O. The summed E-state index contributed by atoms with van der Waals surface area (Å²) in [5.41, 5.74) is 1.26. The average Bonchev–Trinajstić information content (AvgIpc) is 2.78. The van der Waals surface area contributed by atoms with Gasteiger partial charge in [-0.2, -0.15) is 4.37 Å². The summed E-state index contributed by atoms with van der Waals surface area (Å²) in [7, 11) is 0. The van der Waals surface area contributed by atoms with Gasteiger partial charge in [0.05, 0.1) is 17.2 Å². The number of aromatic nitrogens is 1. The fourth-order valence-electron chi connectivity index (χ4n) is 2.71. The summed E-state index contributed by atoms with van der Waals surface area (Å²) < 4.78 is 4.08. The molecule has 1 aromatic heterocycles. The van der Waals surface area contributed by atoms with Gasteiger partial charge in [-0.25, -0.2) is 0 Å². The lowest BCUT2D eigenvalue weighted by Crippen LogP contribution is -2.44. The maximum absolute atomic E-state index is 12.2. The summed E-state index contributed by atoms with van der Waals surface area (Å²) in [6, 6.07) is -0.278. The maximum atomic E-state index is 12.2. The zero-order valence-electron chi connectivity index (χ0n) is 11.6. The summed E-state index contributed by atoms with van der Waals surface area (Å²) in [6.45, 7) is 1.79. The van der Waals surface area contributed by atoms with Gasteiger partial charge in [-0.15, -0.1) is 0 Å². The first-order chi connectivity index (χ1) is 9.59. The van der Waals surface area contributed by atoms with E-state index in [1.54, 1.807) is 12.3 Å². The van der Waals surface area contributed by atoms with Gasteiger partial charge in [0.15, 0.2) is 0 Å². The number of nitrogens with one attached hydrogen (secondary N) is 1. The fraction of sp³-hybridized carbons (Fsp3) is 0.643. The van der Waals surface area contributed by atoms with Gasteiger partial charge >= 0.3 is 5.97 Å². The highest BCUT2D eigenvalue weighted by atomic mass is 32.1. The molecule has 1 aliphatic carbocycles. The Morgan fingerprint density at radius 2 is 2.00 bits per heavy atom. The monoisotopic (exact) mass is 296 g/mol. The van der Waals surface area contributed by atoms with Crippen LogP contribution in [0.25, 0.3) is 0 Å². The fourth-order valence-corrected chi connectivity index (χ4v) is 3.40. The molecule has 0 aromatic carbocycles. The van der Waals surface area contributed by atoms with Gasteiger partial charge in [-0.05, 0) is 31.3 Å². The third kappa shape index (κ3) is 3.56. The first kappa shape index (κ1) is 15.0. The predicted octanol–water partition coefficient (Wildman–Crippen LogP) is 2.60. The van der Waals surface area contributed by atoms with Crippen LogP contribution in [0.5, 0.6) is 0 Å². The van der Waals surface area contributed by atoms with Crippen molar-refractivity contribution in [3.63, 3.8) is 0 Å². The number of carbonyl (C=O) groups is 2. The van der Waals surface area contributed by atoms with Gasteiger partial charge in [0.25, 0.3) is 5.91 Å². The summed E-state index contributed by atoms with van der Waals surface area (Å²) in [4.78, 5) is 23.6. The van der Waals surface area contributed by atoms with Gasteiger partial charge in [0, 0.05) is 11.4 Å². The third-order valence-electron chi connectivity index (χ3n) is 3.89. The predicted molar refractivity (Wildman–Crippen MR) is 76.9 cm³/mol. The second-order valence-corrected chi connectivity index (χ2v) is 5.96. The summed E-state index contributed by atoms with van der Waals surface area (Å²) >= 11 is 1.24. The minimum atomic E-state index is -0.808. The van der Waals surface area contributed by atoms with Crippen LogP contribution in [-0.2, 0) is 4.79 Å². The Kier molecular flexibility index (Phi) is 5.11. The van der Waals surface area contributed by atoms with Crippen LogP contribution in [0.1, 0.15) is 54.6 Å². The molecule has 0 spiro atoms. The van der Waals surface area contributed by atoms with Crippen LogP contribution in [0, 0.1) is 12.8 Å². The van der Waals surface area contributed by atoms with E-state index in [9.17, 15) is 14.7 Å². The van der Waals surface area contributed by atoms with Crippen molar-refractivity contribution in [2.24, 2.45) is 5.92 Å². The molecule has 1 fully saturated rings. The molecule has 0 aliphatic heterocycles. The van der Waals surface area contributed by atoms with Crippen LogP contribution in [0.15, 0.2) is 5.38 Å². The van der Waals surface area contributed by atoms with E-state index in [0.29, 0.717) is 17.7 Å². The number of carboxylic acids is 1. The van der Waals surface area contributed by atoms with Gasteiger partial charge in [-0.1, -0.05) is 25.7 Å². The Balaban J connectivity index is 2.08. The number of hydrogen-bond donors (Lipinski definition) is 2. The number of hydrogen-bond acceptors (Lipinski definition) is 4. The van der Waals surface area contributed by atoms with Crippen LogP contribution in [-0.4, -0.2) is 27.4 Å². The first-order valence-corrected chi connectivity index (χ1v) is 7.88. The standard InChI is InChI=1S/C14H20N2O3S/c1-9-11(8-20-16-9)13(17)15-12-7-5-3-2-4-6-10(12)14(18)19/h8,10,12H,2-7H2,1H3,(H,15,17)(H,18,19). The lowest BCUT2D eigenvalue weighted by atomic mass is 9.86. The van der Waals surface area contributed by atoms with Crippen LogP contribution in [0.3, 0.4) is 0 Å². The number of carbonyl (C=O) groups excluding carboxylic acids is 1. The van der Waals surface area contributed by atoms with Crippen LogP contribution in [0.4, 0.5) is 0 Å². The van der Waals surface area contributed by atoms with Gasteiger partial charge in [0.2, 0.25) is 0 Å². The summed E-state index contributed by atoms with van der Waals surface area (Å²) in [6.07, 6.45) is 5.45. The zero-order valence-corrected chi connectivity index (χ0v) is 12.4. The van der Waals surface area contributed by atoms with Crippen molar-refractivity contribution in [3.8, 4) is 0 Å². The highest BCUT2D eigenvalue weighted by Gasteiger charge is 2.30. The van der Waals surface area contributed by atoms with E-state index < -0.39 is 11.9 Å². The molecule has 1 amide bonds. The molecule has 0 bridgehead atoms. The van der Waals surface area contributed by atoms with E-state index in [1.807, 2.05) is 0 Å². The molecule has 1 heterocycles. The Labute approximate surface area is 122 Å². The van der Waals surface area contributed by atoms with Crippen molar-refractivity contribution in [1.82, 2.24) is 9.69 Å². The van der Waals surface area contributed by atoms with E-state index in [-0.39, 0.29) is 11.9 Å². The molecule has 5 nitrogen and oxygen atoms in total. The molecule has 2 unspecified atom stereocenters. The molecule has 20 heavy (non-hydrogen) atoms. The van der Waals surface area contributed by atoms with Crippen LogP contribution >= 0.6 is 11.5 Å². The third-order valence-corrected chi connectivity index (χ3v) is 4.61. The first-order valence-electron chi connectivity index (χ1n) is 7.04. The van der Waals surface area contributed by atoms with E-state index in [4.69, 9.17) is 0 Å². The molecular weight excluding hydrogens is 276 g/mol. The number of carboxylic acid groups (broad SMARTS) is 1. The smallest absolute Gasteiger partial charge is 0.308 e. The van der Waals surface area contributed by atoms with Crippen LogP contribution < -0.4 is 5.32 Å². The Morgan fingerprint density at radius 3 is 2.60 bits per heavy atom. The second-order valence-electron chi connectivity index (χ2n) is 5.33. The van der Waals surface area contributed by atoms with E-state index in [0.717, 1.165) is 32.1 Å². The number of rotatable bonds is 3. The van der Waals surface area contributed by atoms with E-state index in [1.165, 1.54) is 11.5 Å². The molecule has 110 valence electrons. The molecule has 6 heteroatoms. The Morgan fingerprint density at radius 1 is 1.30 bits per heavy atom. The maximum Gasteiger partial charge on any atom is 0.308 e. The van der Waals surface area contributed by atoms with Crippen molar-refractivity contribution >= 4 is 23.4 Å². The van der Waals surface area contributed by atoms with Crippen LogP contribution in [0.2, 0.25) is 0 Å². The summed E-state index contributed by atoms with van der Waals surface area (Å²) in [5, 5.41) is 14.0. The lowest BCUT2D eigenvalue weighted by molar-refractivity contribution is -0.143. The number of aliphatic carboxylic acids is 1. The topological polar surface area (TPSA) is 79.3 Å². The molecule has 1 aromatic rings. The van der Waals surface area contributed by atoms with Crippen molar-refractivity contribution in [1.29, 1.82) is 0 Å².